The Kier molecular flexibility index (Phi) is 5.16. The van der Waals surface area contributed by atoms with E-state index in [9.17, 15) is 0 Å². The molecular weight excluding hydrogens is 288 g/mol. The molecule has 23 heavy (non-hydrogen) atoms. The van der Waals surface area contributed by atoms with E-state index in [4.69, 9.17) is 4.74 Å². The van der Waals surface area contributed by atoms with Crippen molar-refractivity contribution in [2.24, 2.45) is 10.4 Å². The molecule has 0 bridgehead atoms. The smallest absolute Gasteiger partial charge is 0.193 e. The molecule has 5 nitrogen and oxygen atoms in total. The van der Waals surface area contributed by atoms with Crippen LogP contribution in [0.5, 0.6) is 0 Å². The van der Waals surface area contributed by atoms with Crippen LogP contribution in [0.1, 0.15) is 46.0 Å². The molecule has 0 amide bonds. The number of rotatable bonds is 3. The van der Waals surface area contributed by atoms with E-state index in [1.165, 1.54) is 38.6 Å². The Hall–Kier alpha value is -0.810. The van der Waals surface area contributed by atoms with Gasteiger partial charge in [-0.05, 0) is 38.5 Å². The highest BCUT2D eigenvalue weighted by molar-refractivity contribution is 5.80. The van der Waals surface area contributed by atoms with Gasteiger partial charge in [0.05, 0.1) is 13.2 Å². The molecule has 0 unspecified atom stereocenters. The van der Waals surface area contributed by atoms with Crippen molar-refractivity contribution in [3.05, 3.63) is 0 Å². The summed E-state index contributed by atoms with van der Waals surface area (Å²) in [6, 6.07) is 0. The molecular formula is C18H34N4O. The maximum Gasteiger partial charge on any atom is 0.193 e. The van der Waals surface area contributed by atoms with Crippen molar-refractivity contribution in [2.75, 3.05) is 53.0 Å². The SMILES string of the molecule is CN=C(NCC(C)(C)N1CCOCC1)N1CCC2(CCCC2)C1. The van der Waals surface area contributed by atoms with Crippen LogP contribution >= 0.6 is 0 Å². The van der Waals surface area contributed by atoms with Crippen LogP contribution in [-0.2, 0) is 4.74 Å². The van der Waals surface area contributed by atoms with Crippen molar-refractivity contribution >= 4 is 5.96 Å². The lowest BCUT2D eigenvalue weighted by molar-refractivity contribution is -0.00847. The average molecular weight is 322 g/mol. The van der Waals surface area contributed by atoms with Crippen molar-refractivity contribution in [1.29, 1.82) is 0 Å². The molecule has 2 saturated heterocycles. The normalized spacial score (nSPS) is 26.2. The number of nitrogens with zero attached hydrogens (tertiary/aromatic N) is 3. The van der Waals surface area contributed by atoms with Crippen LogP contribution in [0.2, 0.25) is 0 Å². The zero-order valence-corrected chi connectivity index (χ0v) is 15.2. The van der Waals surface area contributed by atoms with Crippen molar-refractivity contribution in [2.45, 2.75) is 51.5 Å². The Morgan fingerprint density at radius 3 is 2.48 bits per heavy atom. The summed E-state index contributed by atoms with van der Waals surface area (Å²) in [7, 11) is 1.92. The van der Waals surface area contributed by atoms with Gasteiger partial charge >= 0.3 is 0 Å². The first-order valence-corrected chi connectivity index (χ1v) is 9.33. The van der Waals surface area contributed by atoms with Crippen molar-refractivity contribution in [3.8, 4) is 0 Å². The average Bonchev–Trinajstić information content (AvgIpc) is 3.19. The minimum atomic E-state index is 0.129. The topological polar surface area (TPSA) is 40.1 Å². The van der Waals surface area contributed by atoms with Gasteiger partial charge in [0.1, 0.15) is 0 Å². The van der Waals surface area contributed by atoms with E-state index < -0.39 is 0 Å². The summed E-state index contributed by atoms with van der Waals surface area (Å²) in [6.45, 7) is 11.7. The molecule has 0 aromatic rings. The van der Waals surface area contributed by atoms with Gasteiger partial charge in [-0.25, -0.2) is 0 Å². The van der Waals surface area contributed by atoms with Crippen molar-refractivity contribution in [3.63, 3.8) is 0 Å². The number of morpholine rings is 1. The Balaban J connectivity index is 1.53. The minimum Gasteiger partial charge on any atom is -0.379 e. The summed E-state index contributed by atoms with van der Waals surface area (Å²) in [4.78, 5) is 9.57. The van der Waals surface area contributed by atoms with E-state index in [0.717, 1.165) is 45.4 Å². The summed E-state index contributed by atoms with van der Waals surface area (Å²) in [5, 5.41) is 3.65. The van der Waals surface area contributed by atoms with Crippen LogP contribution in [0.4, 0.5) is 0 Å². The van der Waals surface area contributed by atoms with Crippen molar-refractivity contribution < 1.29 is 4.74 Å². The van der Waals surface area contributed by atoms with Gasteiger partial charge in [0.2, 0.25) is 0 Å². The fourth-order valence-corrected chi connectivity index (χ4v) is 4.56. The van der Waals surface area contributed by atoms with Crippen LogP contribution < -0.4 is 5.32 Å². The van der Waals surface area contributed by atoms with Gasteiger partial charge in [0.25, 0.3) is 0 Å². The van der Waals surface area contributed by atoms with E-state index in [0.29, 0.717) is 5.41 Å². The predicted molar refractivity (Wildman–Crippen MR) is 94.9 cm³/mol. The van der Waals surface area contributed by atoms with E-state index in [-0.39, 0.29) is 5.54 Å². The second kappa shape index (κ2) is 6.98. The molecule has 0 atom stereocenters. The third-order valence-corrected chi connectivity index (χ3v) is 6.16. The van der Waals surface area contributed by atoms with Crippen LogP contribution in [0.25, 0.3) is 0 Å². The summed E-state index contributed by atoms with van der Waals surface area (Å²) < 4.78 is 5.48. The lowest BCUT2D eigenvalue weighted by atomic mass is 9.86. The van der Waals surface area contributed by atoms with Gasteiger partial charge in [-0.1, -0.05) is 12.8 Å². The quantitative estimate of drug-likeness (QED) is 0.637. The lowest BCUT2D eigenvalue weighted by Gasteiger charge is -2.41. The fourth-order valence-electron chi connectivity index (χ4n) is 4.56. The van der Waals surface area contributed by atoms with Crippen LogP contribution in [-0.4, -0.2) is 74.3 Å². The molecule has 0 aromatic carbocycles. The lowest BCUT2D eigenvalue weighted by Crippen LogP contribution is -2.56. The Morgan fingerprint density at radius 2 is 1.83 bits per heavy atom. The van der Waals surface area contributed by atoms with Crippen LogP contribution in [0.15, 0.2) is 4.99 Å². The minimum absolute atomic E-state index is 0.129. The maximum absolute atomic E-state index is 5.48. The molecule has 1 spiro atoms. The molecule has 0 aromatic heterocycles. The van der Waals surface area contributed by atoms with Gasteiger partial charge in [-0.2, -0.15) is 0 Å². The molecule has 3 fully saturated rings. The zero-order chi connectivity index (χ0) is 16.3. The number of ether oxygens (including phenoxy) is 1. The number of likely N-dealkylation sites (tertiary alicyclic amines) is 1. The first-order chi connectivity index (χ1) is 11.0. The highest BCUT2D eigenvalue weighted by atomic mass is 16.5. The largest absolute Gasteiger partial charge is 0.379 e. The summed E-state index contributed by atoms with van der Waals surface area (Å²) in [5.74, 6) is 1.09. The van der Waals surface area contributed by atoms with Crippen LogP contribution in [0, 0.1) is 5.41 Å². The molecule has 2 heterocycles. The molecule has 2 aliphatic heterocycles. The van der Waals surface area contributed by atoms with E-state index >= 15 is 0 Å². The standard InChI is InChI=1S/C18H34N4O/c1-17(2,22-10-12-23-13-11-22)14-20-16(19-3)21-9-8-18(15-21)6-4-5-7-18/h4-15H2,1-3H3,(H,19,20). The molecule has 1 saturated carbocycles. The number of nitrogens with one attached hydrogen (secondary N) is 1. The Bertz CT molecular complexity index is 423. The Labute approximate surface area is 141 Å². The van der Waals surface area contributed by atoms with Gasteiger partial charge < -0.3 is 15.0 Å². The monoisotopic (exact) mass is 322 g/mol. The first kappa shape index (κ1) is 17.0. The third-order valence-electron chi connectivity index (χ3n) is 6.16. The highest BCUT2D eigenvalue weighted by Crippen LogP contribution is 2.45. The van der Waals surface area contributed by atoms with E-state index in [1.807, 2.05) is 7.05 Å². The first-order valence-electron chi connectivity index (χ1n) is 9.33. The highest BCUT2D eigenvalue weighted by Gasteiger charge is 2.41. The molecule has 132 valence electrons. The summed E-state index contributed by atoms with van der Waals surface area (Å²) in [5.41, 5.74) is 0.724. The fraction of sp³-hybridized carbons (Fsp3) is 0.944. The van der Waals surface area contributed by atoms with E-state index in [2.05, 4.69) is 34.0 Å². The van der Waals surface area contributed by atoms with Gasteiger partial charge in [0.15, 0.2) is 5.96 Å². The molecule has 1 N–H and O–H groups in total. The molecule has 1 aliphatic carbocycles. The summed E-state index contributed by atoms with van der Waals surface area (Å²) >= 11 is 0. The molecule has 0 radical (unpaired) electrons. The van der Waals surface area contributed by atoms with Gasteiger partial charge in [-0.3, -0.25) is 9.89 Å². The molecule has 3 rings (SSSR count). The van der Waals surface area contributed by atoms with Crippen LogP contribution in [0.3, 0.4) is 0 Å². The van der Waals surface area contributed by atoms with Gasteiger partial charge in [-0.15, -0.1) is 0 Å². The van der Waals surface area contributed by atoms with Gasteiger partial charge in [0, 0.05) is 45.3 Å². The molecule has 3 aliphatic rings. The third kappa shape index (κ3) is 3.82. The number of hydrogen-bond acceptors (Lipinski definition) is 3. The van der Waals surface area contributed by atoms with Crippen molar-refractivity contribution in [1.82, 2.24) is 15.1 Å². The number of hydrogen-bond donors (Lipinski definition) is 1. The molecule has 5 heteroatoms. The van der Waals surface area contributed by atoms with E-state index in [1.54, 1.807) is 0 Å². The summed E-state index contributed by atoms with van der Waals surface area (Å²) in [6.07, 6.45) is 7.02. The second-order valence-corrected chi connectivity index (χ2v) is 8.19. The number of aliphatic imine (C=N–C) groups is 1. The predicted octanol–water partition coefficient (Wildman–Crippen LogP) is 1.94. The zero-order valence-electron chi connectivity index (χ0n) is 15.2. The maximum atomic E-state index is 5.48. The second-order valence-electron chi connectivity index (χ2n) is 8.19. The number of guanidine groups is 1. The Morgan fingerprint density at radius 1 is 1.13 bits per heavy atom.